The lowest BCUT2D eigenvalue weighted by Crippen LogP contribution is -2.11. The van der Waals surface area contributed by atoms with Crippen LogP contribution in [-0.4, -0.2) is 19.9 Å². The quantitative estimate of drug-likeness (QED) is 0.423. The molecule has 0 saturated carbocycles. The maximum Gasteiger partial charge on any atom is 0.226 e. The molecule has 26 heavy (non-hydrogen) atoms. The molecular formula is C18H17N5O2S. The van der Waals surface area contributed by atoms with Crippen LogP contribution in [0.5, 0.6) is 0 Å². The molecule has 0 fully saturated rings. The minimum atomic E-state index is 0.570. The van der Waals surface area contributed by atoms with Crippen LogP contribution in [0.3, 0.4) is 0 Å². The highest BCUT2D eigenvalue weighted by molar-refractivity contribution is 7.98. The Balaban J connectivity index is 1.53. The summed E-state index contributed by atoms with van der Waals surface area (Å²) in [7, 11) is 0. The zero-order valence-electron chi connectivity index (χ0n) is 14.3. The van der Waals surface area contributed by atoms with Gasteiger partial charge in [0.2, 0.25) is 11.0 Å². The Morgan fingerprint density at radius 2 is 1.88 bits per heavy atom. The van der Waals surface area contributed by atoms with Gasteiger partial charge in [-0.25, -0.2) is 9.66 Å². The summed E-state index contributed by atoms with van der Waals surface area (Å²) in [5.41, 5.74) is 2.64. The second-order valence-electron chi connectivity index (χ2n) is 5.74. The third kappa shape index (κ3) is 2.99. The molecule has 0 spiro atoms. The number of nitrogens with two attached hydrogens (primary N) is 1. The summed E-state index contributed by atoms with van der Waals surface area (Å²) in [5.74, 6) is 9.45. The molecule has 0 unspecified atom stereocenters. The van der Waals surface area contributed by atoms with Gasteiger partial charge in [-0.05, 0) is 32.0 Å². The summed E-state index contributed by atoms with van der Waals surface area (Å²) < 4.78 is 12.6. The number of rotatable bonds is 5. The summed E-state index contributed by atoms with van der Waals surface area (Å²) in [6, 6.07) is 11.6. The van der Waals surface area contributed by atoms with Crippen molar-refractivity contribution >= 4 is 11.8 Å². The van der Waals surface area contributed by atoms with Crippen molar-refractivity contribution in [2.75, 3.05) is 5.84 Å². The van der Waals surface area contributed by atoms with E-state index in [4.69, 9.17) is 14.7 Å². The van der Waals surface area contributed by atoms with Crippen molar-refractivity contribution in [1.29, 1.82) is 0 Å². The van der Waals surface area contributed by atoms with Gasteiger partial charge in [-0.2, -0.15) is 0 Å². The van der Waals surface area contributed by atoms with Crippen molar-refractivity contribution < 1.29 is 8.83 Å². The van der Waals surface area contributed by atoms with E-state index >= 15 is 0 Å². The van der Waals surface area contributed by atoms with Crippen molar-refractivity contribution in [3.63, 3.8) is 0 Å². The minimum Gasteiger partial charge on any atom is -0.469 e. The van der Waals surface area contributed by atoms with E-state index in [0.29, 0.717) is 22.6 Å². The van der Waals surface area contributed by atoms with Crippen LogP contribution in [0.4, 0.5) is 0 Å². The molecule has 0 radical (unpaired) electrons. The molecule has 7 nitrogen and oxygen atoms in total. The van der Waals surface area contributed by atoms with Gasteiger partial charge in [0, 0.05) is 11.3 Å². The summed E-state index contributed by atoms with van der Waals surface area (Å²) in [5, 5.41) is 8.94. The lowest BCUT2D eigenvalue weighted by molar-refractivity contribution is 0.535. The van der Waals surface area contributed by atoms with Gasteiger partial charge in [0.15, 0.2) is 5.82 Å². The third-order valence-electron chi connectivity index (χ3n) is 4.02. The van der Waals surface area contributed by atoms with E-state index in [2.05, 4.69) is 15.2 Å². The van der Waals surface area contributed by atoms with E-state index < -0.39 is 0 Å². The highest BCUT2D eigenvalue weighted by Crippen LogP contribution is 2.29. The van der Waals surface area contributed by atoms with Gasteiger partial charge < -0.3 is 14.7 Å². The Morgan fingerprint density at radius 1 is 1.08 bits per heavy atom. The van der Waals surface area contributed by atoms with E-state index in [0.717, 1.165) is 28.3 Å². The molecule has 0 aliphatic carbocycles. The Bertz CT molecular complexity index is 1040. The maximum atomic E-state index is 6.15. The Kier molecular flexibility index (Phi) is 4.26. The van der Waals surface area contributed by atoms with Crippen molar-refractivity contribution in [2.24, 2.45) is 0 Å². The van der Waals surface area contributed by atoms with Gasteiger partial charge in [-0.15, -0.1) is 10.2 Å². The zero-order chi connectivity index (χ0) is 18.1. The van der Waals surface area contributed by atoms with Crippen LogP contribution in [0, 0.1) is 13.8 Å². The smallest absolute Gasteiger partial charge is 0.226 e. The molecule has 0 saturated heterocycles. The molecule has 4 aromatic rings. The first-order chi connectivity index (χ1) is 12.6. The normalized spacial score (nSPS) is 11.2. The average molecular weight is 367 g/mol. The fourth-order valence-electron chi connectivity index (χ4n) is 2.58. The van der Waals surface area contributed by atoms with Gasteiger partial charge in [0.25, 0.3) is 0 Å². The monoisotopic (exact) mass is 367 g/mol. The van der Waals surface area contributed by atoms with E-state index in [9.17, 15) is 0 Å². The van der Waals surface area contributed by atoms with Crippen molar-refractivity contribution in [3.8, 4) is 22.8 Å². The fourth-order valence-corrected chi connectivity index (χ4v) is 3.43. The van der Waals surface area contributed by atoms with Crippen molar-refractivity contribution in [2.45, 2.75) is 24.8 Å². The van der Waals surface area contributed by atoms with Crippen molar-refractivity contribution in [1.82, 2.24) is 19.9 Å². The molecule has 8 heteroatoms. The highest BCUT2D eigenvalue weighted by Gasteiger charge is 2.17. The topological polar surface area (TPSA) is 95.9 Å². The number of nitrogen functional groups attached to an aromatic ring is 1. The number of hydrogen-bond acceptors (Lipinski definition) is 7. The Hall–Kier alpha value is -3.00. The predicted octanol–water partition coefficient (Wildman–Crippen LogP) is 3.82. The molecule has 4 rings (SSSR count). The van der Waals surface area contributed by atoms with Gasteiger partial charge in [0.05, 0.1) is 17.5 Å². The number of hydrogen-bond donors (Lipinski definition) is 1. The Labute approximate surface area is 154 Å². The van der Waals surface area contributed by atoms with Gasteiger partial charge in [-0.1, -0.05) is 30.0 Å². The van der Waals surface area contributed by atoms with Gasteiger partial charge >= 0.3 is 0 Å². The van der Waals surface area contributed by atoms with Crippen LogP contribution in [0.2, 0.25) is 0 Å². The van der Waals surface area contributed by atoms with Crippen LogP contribution >= 0.6 is 11.8 Å². The van der Waals surface area contributed by atoms with Crippen LogP contribution in [0.1, 0.15) is 17.2 Å². The molecule has 0 atom stereocenters. The first kappa shape index (κ1) is 16.5. The van der Waals surface area contributed by atoms with Gasteiger partial charge in [-0.3, -0.25) is 0 Å². The molecular weight excluding hydrogens is 350 g/mol. The summed E-state index contributed by atoms with van der Waals surface area (Å²) in [6.07, 6.45) is 1.61. The van der Waals surface area contributed by atoms with Crippen molar-refractivity contribution in [3.05, 3.63) is 59.9 Å². The summed E-state index contributed by atoms with van der Waals surface area (Å²) >= 11 is 1.46. The lowest BCUT2D eigenvalue weighted by Gasteiger charge is -2.02. The molecule has 3 heterocycles. The van der Waals surface area contributed by atoms with Crippen LogP contribution in [0.25, 0.3) is 22.8 Å². The highest BCUT2D eigenvalue weighted by atomic mass is 32.2. The predicted molar refractivity (Wildman–Crippen MR) is 98.8 cm³/mol. The Morgan fingerprint density at radius 3 is 2.62 bits per heavy atom. The molecule has 0 aliphatic rings. The molecule has 1 aromatic carbocycles. The maximum absolute atomic E-state index is 6.15. The number of oxazole rings is 1. The third-order valence-corrected chi connectivity index (χ3v) is 4.97. The van der Waals surface area contributed by atoms with Crippen LogP contribution < -0.4 is 5.84 Å². The number of aryl methyl sites for hydroxylation is 2. The average Bonchev–Trinajstić information content (AvgIpc) is 3.33. The van der Waals surface area contributed by atoms with E-state index in [-0.39, 0.29) is 0 Å². The summed E-state index contributed by atoms with van der Waals surface area (Å²) in [4.78, 5) is 4.59. The van der Waals surface area contributed by atoms with Crippen LogP contribution in [0.15, 0.2) is 56.7 Å². The minimum absolute atomic E-state index is 0.570. The number of furan rings is 1. The standard InChI is InChI=1S/C18H17N5O2S/c1-11-14(8-9-24-11)16-21-22-18(23(16)19)26-10-15-12(2)25-17(20-15)13-6-4-3-5-7-13/h3-9H,10,19H2,1-2H3. The molecule has 0 aliphatic heterocycles. The molecule has 3 aromatic heterocycles. The number of benzene rings is 1. The molecule has 132 valence electrons. The largest absolute Gasteiger partial charge is 0.469 e. The molecule has 0 bridgehead atoms. The SMILES string of the molecule is Cc1occc1-c1nnc(SCc2nc(-c3ccccc3)oc2C)n1N. The van der Waals surface area contributed by atoms with Crippen LogP contribution in [-0.2, 0) is 5.75 Å². The first-order valence-corrected chi connectivity index (χ1v) is 9.01. The second kappa shape index (κ2) is 6.72. The molecule has 2 N–H and O–H groups in total. The van der Waals surface area contributed by atoms with E-state index in [1.54, 1.807) is 6.26 Å². The summed E-state index contributed by atoms with van der Waals surface area (Å²) in [6.45, 7) is 3.77. The zero-order valence-corrected chi connectivity index (χ0v) is 15.2. The molecule has 0 amide bonds. The van der Waals surface area contributed by atoms with E-state index in [1.807, 2.05) is 50.2 Å². The fraction of sp³-hybridized carbons (Fsp3) is 0.167. The van der Waals surface area contributed by atoms with Gasteiger partial charge in [0.1, 0.15) is 11.5 Å². The number of aromatic nitrogens is 4. The lowest BCUT2D eigenvalue weighted by atomic mass is 10.2. The number of nitrogens with zero attached hydrogens (tertiary/aromatic N) is 4. The second-order valence-corrected chi connectivity index (χ2v) is 6.69. The first-order valence-electron chi connectivity index (χ1n) is 8.03. The van der Waals surface area contributed by atoms with E-state index in [1.165, 1.54) is 16.4 Å². The number of thioether (sulfide) groups is 1.